The summed E-state index contributed by atoms with van der Waals surface area (Å²) in [5, 5.41) is 5.85. The Bertz CT molecular complexity index is 545. The van der Waals surface area contributed by atoms with Crippen molar-refractivity contribution in [3.05, 3.63) is 34.9 Å². The molecule has 0 saturated carbocycles. The Labute approximate surface area is 134 Å². The lowest BCUT2D eigenvalue weighted by atomic mass is 9.90. The molecule has 1 saturated heterocycles. The summed E-state index contributed by atoms with van der Waals surface area (Å²) < 4.78 is 5.20. The van der Waals surface area contributed by atoms with Gasteiger partial charge < -0.3 is 21.1 Å². The fraction of sp³-hybridized carbons (Fsp3) is 0.467. The van der Waals surface area contributed by atoms with E-state index in [-0.39, 0.29) is 11.8 Å². The summed E-state index contributed by atoms with van der Waals surface area (Å²) in [5.74, 6) is -0.476. The van der Waals surface area contributed by atoms with Gasteiger partial charge in [0.05, 0.1) is 16.1 Å². The molecule has 1 aromatic carbocycles. The molecule has 1 aliphatic rings. The molecule has 0 radical (unpaired) electrons. The molecule has 1 heterocycles. The number of carbonyl (C=O) groups excluding carboxylic acids is 2. The Morgan fingerprint density at radius 1 is 1.18 bits per heavy atom. The van der Waals surface area contributed by atoms with E-state index in [1.54, 1.807) is 24.3 Å². The van der Waals surface area contributed by atoms with Crippen LogP contribution in [0, 0.1) is 0 Å². The first-order valence-electron chi connectivity index (χ1n) is 7.20. The predicted octanol–water partition coefficient (Wildman–Crippen LogP) is 0.694. The number of rotatable bonds is 5. The van der Waals surface area contributed by atoms with E-state index < -0.39 is 5.54 Å². The Balaban J connectivity index is 1.74. The molecule has 7 heteroatoms. The molecular weight excluding hydrogens is 306 g/mol. The molecule has 6 nitrogen and oxygen atoms in total. The molecule has 4 N–H and O–H groups in total. The molecular formula is C15H20ClN3O3. The van der Waals surface area contributed by atoms with Crippen LogP contribution in [0.25, 0.3) is 0 Å². The van der Waals surface area contributed by atoms with E-state index in [0.717, 1.165) is 0 Å². The summed E-state index contributed by atoms with van der Waals surface area (Å²) in [5.41, 5.74) is 5.60. The summed E-state index contributed by atoms with van der Waals surface area (Å²) in [6.07, 6.45) is 1.01. The van der Waals surface area contributed by atoms with Crippen LogP contribution in [0.1, 0.15) is 23.2 Å². The number of hydrogen-bond acceptors (Lipinski definition) is 4. The molecule has 22 heavy (non-hydrogen) atoms. The molecule has 2 amide bonds. The monoisotopic (exact) mass is 325 g/mol. The van der Waals surface area contributed by atoms with Crippen LogP contribution in [0.3, 0.4) is 0 Å². The molecule has 0 bridgehead atoms. The predicted molar refractivity (Wildman–Crippen MR) is 83.8 cm³/mol. The topological polar surface area (TPSA) is 93.5 Å². The molecule has 1 aliphatic heterocycles. The zero-order valence-corrected chi connectivity index (χ0v) is 13.0. The third-order valence-corrected chi connectivity index (χ3v) is 3.98. The lowest BCUT2D eigenvalue weighted by Gasteiger charge is -2.31. The largest absolute Gasteiger partial charge is 0.381 e. The second kappa shape index (κ2) is 7.58. The van der Waals surface area contributed by atoms with Crippen molar-refractivity contribution < 1.29 is 14.3 Å². The van der Waals surface area contributed by atoms with Gasteiger partial charge in [-0.3, -0.25) is 9.59 Å². The van der Waals surface area contributed by atoms with Crippen molar-refractivity contribution in [3.63, 3.8) is 0 Å². The van der Waals surface area contributed by atoms with Crippen molar-refractivity contribution >= 4 is 23.4 Å². The van der Waals surface area contributed by atoms with Gasteiger partial charge in [-0.2, -0.15) is 0 Å². The quantitative estimate of drug-likeness (QED) is 0.694. The highest BCUT2D eigenvalue weighted by Crippen LogP contribution is 2.17. The zero-order chi connectivity index (χ0) is 16.0. The minimum Gasteiger partial charge on any atom is -0.381 e. The summed E-state index contributed by atoms with van der Waals surface area (Å²) in [4.78, 5) is 24.0. The van der Waals surface area contributed by atoms with Crippen molar-refractivity contribution in [3.8, 4) is 0 Å². The number of nitrogens with two attached hydrogens (primary N) is 1. The van der Waals surface area contributed by atoms with Gasteiger partial charge in [0, 0.05) is 26.3 Å². The van der Waals surface area contributed by atoms with Gasteiger partial charge in [0.1, 0.15) is 0 Å². The average Bonchev–Trinajstić information content (AvgIpc) is 2.52. The standard InChI is InChI=1S/C15H20ClN3O3/c16-12-4-2-1-3-11(12)13(20)18-7-8-19-14(21)15(17)5-9-22-10-6-15/h1-4H,5-10,17H2,(H,18,20)(H,19,21). The van der Waals surface area contributed by atoms with E-state index in [9.17, 15) is 9.59 Å². The van der Waals surface area contributed by atoms with Gasteiger partial charge in [0.15, 0.2) is 0 Å². The van der Waals surface area contributed by atoms with E-state index in [1.807, 2.05) is 0 Å². The van der Waals surface area contributed by atoms with Crippen molar-refractivity contribution in [1.29, 1.82) is 0 Å². The molecule has 0 spiro atoms. The Kier molecular flexibility index (Phi) is 5.76. The molecule has 0 aromatic heterocycles. The van der Waals surface area contributed by atoms with Crippen molar-refractivity contribution in [2.75, 3.05) is 26.3 Å². The first kappa shape index (κ1) is 16.7. The van der Waals surface area contributed by atoms with Crippen LogP contribution in [-0.2, 0) is 9.53 Å². The first-order chi connectivity index (χ1) is 10.5. The van der Waals surface area contributed by atoms with E-state index in [0.29, 0.717) is 49.7 Å². The normalized spacial score (nSPS) is 16.8. The van der Waals surface area contributed by atoms with Crippen molar-refractivity contribution in [2.24, 2.45) is 5.73 Å². The van der Waals surface area contributed by atoms with Crippen LogP contribution in [0.4, 0.5) is 0 Å². The SMILES string of the molecule is NC1(C(=O)NCCNC(=O)c2ccccc2Cl)CCOCC1. The maximum absolute atomic E-state index is 12.1. The highest BCUT2D eigenvalue weighted by molar-refractivity contribution is 6.33. The maximum atomic E-state index is 12.1. The molecule has 0 aliphatic carbocycles. The Morgan fingerprint density at radius 2 is 1.82 bits per heavy atom. The van der Waals surface area contributed by atoms with Gasteiger partial charge in [-0.05, 0) is 25.0 Å². The van der Waals surface area contributed by atoms with Crippen LogP contribution in [-0.4, -0.2) is 43.7 Å². The molecule has 0 atom stereocenters. The maximum Gasteiger partial charge on any atom is 0.252 e. The van der Waals surface area contributed by atoms with Crippen molar-refractivity contribution in [1.82, 2.24) is 10.6 Å². The van der Waals surface area contributed by atoms with Gasteiger partial charge in [-0.25, -0.2) is 0 Å². The third kappa shape index (κ3) is 4.19. The number of amides is 2. The summed E-state index contributed by atoms with van der Waals surface area (Å²) in [7, 11) is 0. The van der Waals surface area contributed by atoms with Crippen molar-refractivity contribution in [2.45, 2.75) is 18.4 Å². The highest BCUT2D eigenvalue weighted by Gasteiger charge is 2.35. The fourth-order valence-electron chi connectivity index (χ4n) is 2.23. The number of halogens is 1. The van der Waals surface area contributed by atoms with Crippen LogP contribution in [0.2, 0.25) is 5.02 Å². The molecule has 120 valence electrons. The number of ether oxygens (including phenoxy) is 1. The average molecular weight is 326 g/mol. The lowest BCUT2D eigenvalue weighted by Crippen LogP contribution is -2.57. The summed E-state index contributed by atoms with van der Waals surface area (Å²) >= 11 is 5.94. The zero-order valence-electron chi connectivity index (χ0n) is 12.2. The number of benzene rings is 1. The van der Waals surface area contributed by atoms with Gasteiger partial charge in [-0.1, -0.05) is 23.7 Å². The van der Waals surface area contributed by atoms with Crippen LogP contribution in [0.15, 0.2) is 24.3 Å². The van der Waals surface area contributed by atoms with Crippen LogP contribution in [0.5, 0.6) is 0 Å². The molecule has 1 fully saturated rings. The van der Waals surface area contributed by atoms with Gasteiger partial charge in [0.25, 0.3) is 5.91 Å². The molecule has 2 rings (SSSR count). The highest BCUT2D eigenvalue weighted by atomic mass is 35.5. The van der Waals surface area contributed by atoms with E-state index in [2.05, 4.69) is 10.6 Å². The van der Waals surface area contributed by atoms with E-state index in [4.69, 9.17) is 22.1 Å². The first-order valence-corrected chi connectivity index (χ1v) is 7.58. The smallest absolute Gasteiger partial charge is 0.252 e. The van der Waals surface area contributed by atoms with Gasteiger partial charge in [-0.15, -0.1) is 0 Å². The number of hydrogen-bond donors (Lipinski definition) is 3. The lowest BCUT2D eigenvalue weighted by molar-refractivity contribution is -0.129. The number of carbonyl (C=O) groups is 2. The summed E-state index contributed by atoms with van der Waals surface area (Å²) in [6.45, 7) is 1.61. The second-order valence-corrected chi connectivity index (χ2v) is 5.67. The minimum absolute atomic E-state index is 0.206. The fourth-order valence-corrected chi connectivity index (χ4v) is 2.45. The van der Waals surface area contributed by atoms with Crippen LogP contribution < -0.4 is 16.4 Å². The summed E-state index contributed by atoms with van der Waals surface area (Å²) in [6, 6.07) is 6.80. The Morgan fingerprint density at radius 3 is 2.50 bits per heavy atom. The van der Waals surface area contributed by atoms with E-state index >= 15 is 0 Å². The molecule has 0 unspecified atom stereocenters. The van der Waals surface area contributed by atoms with Crippen LogP contribution >= 0.6 is 11.6 Å². The van der Waals surface area contributed by atoms with Gasteiger partial charge >= 0.3 is 0 Å². The van der Waals surface area contributed by atoms with E-state index in [1.165, 1.54) is 0 Å². The molecule has 1 aromatic rings. The van der Waals surface area contributed by atoms with Gasteiger partial charge in [0.2, 0.25) is 5.91 Å². The minimum atomic E-state index is -0.870. The number of nitrogens with one attached hydrogen (secondary N) is 2. The Hall–Kier alpha value is -1.63. The second-order valence-electron chi connectivity index (χ2n) is 5.26. The third-order valence-electron chi connectivity index (χ3n) is 3.65.